The van der Waals surface area contributed by atoms with Gasteiger partial charge in [0.15, 0.2) is 0 Å². The first-order valence-corrected chi connectivity index (χ1v) is 10.8. The molecule has 0 heterocycles. The Hall–Kier alpha value is -1.40. The Labute approximate surface area is 160 Å². The number of nitrogens with zero attached hydrogens (tertiary/aromatic N) is 1. The lowest BCUT2D eigenvalue weighted by Crippen LogP contribution is -2.46. The van der Waals surface area contributed by atoms with E-state index in [2.05, 4.69) is 0 Å². The van der Waals surface area contributed by atoms with Crippen LogP contribution >= 0.6 is 11.6 Å². The summed E-state index contributed by atoms with van der Waals surface area (Å²) < 4.78 is 28.4. The highest BCUT2D eigenvalue weighted by molar-refractivity contribution is 7.89. The van der Waals surface area contributed by atoms with Crippen LogP contribution in [0.1, 0.15) is 31.2 Å². The Kier molecular flexibility index (Phi) is 6.35. The summed E-state index contributed by atoms with van der Waals surface area (Å²) in [5.41, 5.74) is 0.937. The molecule has 26 heavy (non-hydrogen) atoms. The predicted octanol–water partition coefficient (Wildman–Crippen LogP) is 4.08. The van der Waals surface area contributed by atoms with Gasteiger partial charge in [0.05, 0.1) is 4.90 Å². The molecule has 0 bridgehead atoms. The molecule has 0 radical (unpaired) electrons. The summed E-state index contributed by atoms with van der Waals surface area (Å²) >= 11 is 5.92. The van der Waals surface area contributed by atoms with E-state index in [0.717, 1.165) is 31.2 Å². The van der Waals surface area contributed by atoms with E-state index in [9.17, 15) is 13.5 Å². The van der Waals surface area contributed by atoms with Crippen LogP contribution in [0.4, 0.5) is 0 Å². The normalized spacial score (nSPS) is 21.0. The zero-order valence-corrected chi connectivity index (χ0v) is 16.2. The monoisotopic (exact) mass is 393 g/mol. The lowest BCUT2D eigenvalue weighted by molar-refractivity contribution is 0.109. The van der Waals surface area contributed by atoms with E-state index in [-0.39, 0.29) is 23.5 Å². The second-order valence-corrected chi connectivity index (χ2v) is 9.11. The Morgan fingerprint density at radius 3 is 2.31 bits per heavy atom. The number of halogens is 1. The highest BCUT2D eigenvalue weighted by atomic mass is 35.5. The molecule has 0 saturated heterocycles. The van der Waals surface area contributed by atoms with Crippen molar-refractivity contribution in [1.29, 1.82) is 0 Å². The van der Waals surface area contributed by atoms with Gasteiger partial charge >= 0.3 is 0 Å². The van der Waals surface area contributed by atoms with Crippen molar-refractivity contribution in [2.75, 3.05) is 6.61 Å². The van der Waals surface area contributed by atoms with Crippen molar-refractivity contribution in [1.82, 2.24) is 4.31 Å². The number of rotatable bonds is 6. The van der Waals surface area contributed by atoms with Crippen molar-refractivity contribution in [3.05, 3.63) is 65.2 Å². The van der Waals surface area contributed by atoms with Crippen LogP contribution < -0.4 is 0 Å². The smallest absolute Gasteiger partial charge is 0.243 e. The van der Waals surface area contributed by atoms with E-state index < -0.39 is 10.0 Å². The summed E-state index contributed by atoms with van der Waals surface area (Å²) in [4.78, 5) is 0.236. The fourth-order valence-corrected chi connectivity index (χ4v) is 5.50. The fraction of sp³-hybridized carbons (Fsp3) is 0.400. The second-order valence-electron chi connectivity index (χ2n) is 6.78. The number of aliphatic hydroxyl groups excluding tert-OH is 1. The Balaban J connectivity index is 2.00. The van der Waals surface area contributed by atoms with E-state index in [1.807, 2.05) is 30.3 Å². The second kappa shape index (κ2) is 8.53. The third-order valence-electron chi connectivity index (χ3n) is 5.07. The Morgan fingerprint density at radius 2 is 1.65 bits per heavy atom. The zero-order valence-electron chi connectivity index (χ0n) is 14.6. The molecule has 1 aliphatic rings. The lowest BCUT2D eigenvalue weighted by Gasteiger charge is -2.38. The predicted molar refractivity (Wildman–Crippen MR) is 103 cm³/mol. The van der Waals surface area contributed by atoms with E-state index in [1.165, 1.54) is 0 Å². The Morgan fingerprint density at radius 1 is 1.00 bits per heavy atom. The van der Waals surface area contributed by atoms with Crippen LogP contribution in [0.5, 0.6) is 0 Å². The van der Waals surface area contributed by atoms with Gasteiger partial charge in [0.25, 0.3) is 0 Å². The van der Waals surface area contributed by atoms with Gasteiger partial charge in [-0.2, -0.15) is 4.31 Å². The first-order chi connectivity index (χ1) is 12.5. The molecule has 0 spiro atoms. The maximum atomic E-state index is 13.4. The van der Waals surface area contributed by atoms with Crippen LogP contribution in [0.25, 0.3) is 0 Å². The van der Waals surface area contributed by atoms with Crippen molar-refractivity contribution in [2.45, 2.75) is 43.2 Å². The van der Waals surface area contributed by atoms with Crippen LogP contribution in [0.15, 0.2) is 59.5 Å². The number of hydrogen-bond acceptors (Lipinski definition) is 3. The molecule has 6 heteroatoms. The lowest BCUT2D eigenvalue weighted by atomic mass is 9.85. The quantitative estimate of drug-likeness (QED) is 0.804. The van der Waals surface area contributed by atoms with Crippen LogP contribution in [0.3, 0.4) is 0 Å². The molecular weight excluding hydrogens is 370 g/mol. The molecule has 0 aromatic heterocycles. The average molecular weight is 394 g/mol. The molecule has 1 saturated carbocycles. The molecule has 2 atom stereocenters. The molecule has 2 unspecified atom stereocenters. The SMILES string of the molecule is O=S(=O)(c1ccc(Cl)cc1)N(Cc1ccccc1)C1CCCCC1CO. The van der Waals surface area contributed by atoms with Crippen LogP contribution in [0.2, 0.25) is 5.02 Å². The van der Waals surface area contributed by atoms with Crippen molar-refractivity contribution >= 4 is 21.6 Å². The summed E-state index contributed by atoms with van der Waals surface area (Å²) in [6, 6.07) is 15.7. The van der Waals surface area contributed by atoms with Gasteiger partial charge in [0.2, 0.25) is 10.0 Å². The molecule has 1 fully saturated rings. The number of benzene rings is 2. The van der Waals surface area contributed by atoms with Crippen molar-refractivity contribution in [3.63, 3.8) is 0 Å². The molecule has 140 valence electrons. The highest BCUT2D eigenvalue weighted by Gasteiger charge is 2.37. The topological polar surface area (TPSA) is 57.6 Å². The van der Waals surface area contributed by atoms with E-state index >= 15 is 0 Å². The molecule has 1 aliphatic carbocycles. The van der Waals surface area contributed by atoms with E-state index in [0.29, 0.717) is 11.6 Å². The molecule has 0 amide bonds. The zero-order chi connectivity index (χ0) is 18.6. The van der Waals surface area contributed by atoms with Crippen molar-refractivity contribution in [2.24, 2.45) is 5.92 Å². The summed E-state index contributed by atoms with van der Waals surface area (Å²) in [5, 5.41) is 10.3. The standard InChI is InChI=1S/C20H24ClNO3S/c21-18-10-12-19(13-11-18)26(24,25)22(14-16-6-2-1-3-7-16)20-9-5-4-8-17(20)15-23/h1-3,6-7,10-13,17,20,23H,4-5,8-9,14-15H2. The minimum Gasteiger partial charge on any atom is -0.396 e. The van der Waals surface area contributed by atoms with Crippen LogP contribution in [0, 0.1) is 5.92 Å². The minimum atomic E-state index is -3.70. The van der Waals surface area contributed by atoms with Crippen LogP contribution in [-0.4, -0.2) is 30.5 Å². The molecule has 0 aliphatic heterocycles. The number of hydrogen-bond donors (Lipinski definition) is 1. The number of sulfonamides is 1. The van der Waals surface area contributed by atoms with Gasteiger partial charge in [-0.3, -0.25) is 0 Å². The molecule has 2 aromatic carbocycles. The van der Waals surface area contributed by atoms with Crippen molar-refractivity contribution < 1.29 is 13.5 Å². The molecule has 3 rings (SSSR count). The first-order valence-electron chi connectivity index (χ1n) is 8.94. The highest BCUT2D eigenvalue weighted by Crippen LogP contribution is 2.33. The molecular formula is C20H24ClNO3S. The fourth-order valence-electron chi connectivity index (χ4n) is 3.67. The molecule has 1 N–H and O–H groups in total. The summed E-state index contributed by atoms with van der Waals surface area (Å²) in [6.07, 6.45) is 3.62. The third-order valence-corrected chi connectivity index (χ3v) is 7.21. The van der Waals surface area contributed by atoms with E-state index in [1.54, 1.807) is 28.6 Å². The van der Waals surface area contributed by atoms with Gasteiger partial charge in [0, 0.05) is 24.2 Å². The van der Waals surface area contributed by atoms with Gasteiger partial charge in [-0.05, 0) is 48.6 Å². The van der Waals surface area contributed by atoms with Gasteiger partial charge in [-0.1, -0.05) is 54.8 Å². The minimum absolute atomic E-state index is 0.00605. The summed E-state index contributed by atoms with van der Waals surface area (Å²) in [5.74, 6) is -0.0328. The van der Waals surface area contributed by atoms with Gasteiger partial charge in [-0.25, -0.2) is 8.42 Å². The third kappa shape index (κ3) is 4.29. The largest absolute Gasteiger partial charge is 0.396 e. The molecule has 2 aromatic rings. The molecule has 4 nitrogen and oxygen atoms in total. The summed E-state index contributed by atoms with van der Waals surface area (Å²) in [6.45, 7) is 0.305. The van der Waals surface area contributed by atoms with Gasteiger partial charge in [-0.15, -0.1) is 0 Å². The maximum absolute atomic E-state index is 13.4. The van der Waals surface area contributed by atoms with Crippen molar-refractivity contribution in [3.8, 4) is 0 Å². The summed E-state index contributed by atoms with van der Waals surface area (Å²) in [7, 11) is -3.70. The van der Waals surface area contributed by atoms with Gasteiger partial charge in [0.1, 0.15) is 0 Å². The maximum Gasteiger partial charge on any atom is 0.243 e. The number of aliphatic hydroxyl groups is 1. The van der Waals surface area contributed by atoms with Crippen LogP contribution in [-0.2, 0) is 16.6 Å². The Bertz CT molecular complexity index is 809. The van der Waals surface area contributed by atoms with E-state index in [4.69, 9.17) is 11.6 Å². The first kappa shape index (κ1) is 19.4. The van der Waals surface area contributed by atoms with Gasteiger partial charge < -0.3 is 5.11 Å². The average Bonchev–Trinajstić information content (AvgIpc) is 2.67.